The van der Waals surface area contributed by atoms with Gasteiger partial charge < -0.3 is 4.98 Å². The molecule has 68 valence electrons. The Morgan fingerprint density at radius 2 is 2.00 bits per heavy atom. The summed E-state index contributed by atoms with van der Waals surface area (Å²) in [5.74, 6) is 0.253. The van der Waals surface area contributed by atoms with Crippen LogP contribution in [0.3, 0.4) is 0 Å². The lowest BCUT2D eigenvalue weighted by Crippen LogP contribution is -1.89. The zero-order chi connectivity index (χ0) is 9.42. The van der Waals surface area contributed by atoms with Crippen LogP contribution in [0.25, 0.3) is 10.9 Å². The predicted octanol–water partition coefficient (Wildman–Crippen LogP) is 3.43. The molecule has 0 unspecified atom stereocenters. The first-order valence-corrected chi connectivity index (χ1v) is 4.45. The number of halogens is 1. The first-order valence-electron chi connectivity index (χ1n) is 4.45. The summed E-state index contributed by atoms with van der Waals surface area (Å²) in [5.41, 5.74) is 1.81. The topological polar surface area (TPSA) is 15.8 Å². The Balaban J connectivity index is 2.78. The fourth-order valence-electron chi connectivity index (χ4n) is 1.65. The molecule has 2 rings (SSSR count). The molecule has 0 aliphatic carbocycles. The fourth-order valence-corrected chi connectivity index (χ4v) is 1.65. The average Bonchev–Trinajstić information content (AvgIpc) is 2.53. The highest BCUT2D eigenvalue weighted by molar-refractivity contribution is 5.83. The molecule has 0 bridgehead atoms. The first-order chi connectivity index (χ1) is 6.20. The molecule has 2 heteroatoms. The van der Waals surface area contributed by atoms with Crippen LogP contribution in [0.1, 0.15) is 25.3 Å². The number of nitrogens with one attached hydrogen (secondary N) is 1. The second kappa shape index (κ2) is 2.87. The van der Waals surface area contributed by atoms with E-state index in [1.165, 1.54) is 11.6 Å². The van der Waals surface area contributed by atoms with E-state index in [9.17, 15) is 4.39 Å². The van der Waals surface area contributed by atoms with Crippen molar-refractivity contribution in [2.24, 2.45) is 0 Å². The number of aromatic amines is 1. The minimum Gasteiger partial charge on any atom is -0.359 e. The van der Waals surface area contributed by atoms with Gasteiger partial charge in [-0.1, -0.05) is 19.9 Å². The molecule has 0 atom stereocenters. The molecule has 0 fully saturated rings. The molecule has 2 aromatic rings. The summed E-state index contributed by atoms with van der Waals surface area (Å²) >= 11 is 0. The second-order valence-corrected chi connectivity index (χ2v) is 3.56. The summed E-state index contributed by atoms with van der Waals surface area (Å²) < 4.78 is 13.2. The number of H-pyrrole nitrogens is 1. The van der Waals surface area contributed by atoms with Gasteiger partial charge in [0.1, 0.15) is 5.82 Å². The molecule has 1 aromatic heterocycles. The van der Waals surface area contributed by atoms with Gasteiger partial charge in [0.15, 0.2) is 0 Å². The minimum atomic E-state index is -0.176. The quantitative estimate of drug-likeness (QED) is 0.686. The number of hydrogen-bond donors (Lipinski definition) is 1. The molecular weight excluding hydrogens is 165 g/mol. The molecule has 13 heavy (non-hydrogen) atoms. The van der Waals surface area contributed by atoms with Gasteiger partial charge in [-0.25, -0.2) is 4.39 Å². The Morgan fingerprint density at radius 1 is 1.23 bits per heavy atom. The van der Waals surface area contributed by atoms with E-state index in [0.29, 0.717) is 11.4 Å². The van der Waals surface area contributed by atoms with Crippen molar-refractivity contribution >= 4 is 10.9 Å². The lowest BCUT2D eigenvalue weighted by molar-refractivity contribution is 0.636. The van der Waals surface area contributed by atoms with Crippen molar-refractivity contribution in [1.82, 2.24) is 4.98 Å². The highest BCUT2D eigenvalue weighted by Gasteiger charge is 2.08. The van der Waals surface area contributed by atoms with Crippen LogP contribution in [-0.4, -0.2) is 4.98 Å². The summed E-state index contributed by atoms with van der Waals surface area (Å²) in [4.78, 5) is 2.91. The standard InChI is InChI=1S/C11H12FN/c1-7(2)8-3-4-10(12)11-9(8)5-6-13-11/h3-7,13H,1-2H3. The van der Waals surface area contributed by atoms with Crippen LogP contribution in [0.5, 0.6) is 0 Å². The maximum absolute atomic E-state index is 13.2. The van der Waals surface area contributed by atoms with Gasteiger partial charge in [0.05, 0.1) is 5.52 Å². The summed E-state index contributed by atoms with van der Waals surface area (Å²) in [6.07, 6.45) is 1.78. The van der Waals surface area contributed by atoms with Gasteiger partial charge in [-0.15, -0.1) is 0 Å². The van der Waals surface area contributed by atoms with Gasteiger partial charge in [-0.3, -0.25) is 0 Å². The van der Waals surface area contributed by atoms with E-state index in [1.54, 1.807) is 6.20 Å². The zero-order valence-electron chi connectivity index (χ0n) is 7.76. The maximum Gasteiger partial charge on any atom is 0.147 e. The second-order valence-electron chi connectivity index (χ2n) is 3.56. The molecule has 0 amide bonds. The highest BCUT2D eigenvalue weighted by atomic mass is 19.1. The Labute approximate surface area is 76.6 Å². The zero-order valence-corrected chi connectivity index (χ0v) is 7.76. The van der Waals surface area contributed by atoms with Gasteiger partial charge in [-0.05, 0) is 23.6 Å². The van der Waals surface area contributed by atoms with Crippen LogP contribution < -0.4 is 0 Å². The molecule has 1 N–H and O–H groups in total. The van der Waals surface area contributed by atoms with Crippen LogP contribution in [0, 0.1) is 5.82 Å². The van der Waals surface area contributed by atoms with E-state index >= 15 is 0 Å². The third kappa shape index (κ3) is 1.22. The van der Waals surface area contributed by atoms with Gasteiger partial charge in [0.25, 0.3) is 0 Å². The van der Waals surface area contributed by atoms with Crippen molar-refractivity contribution in [1.29, 1.82) is 0 Å². The van der Waals surface area contributed by atoms with E-state index in [0.717, 1.165) is 5.39 Å². The number of fused-ring (bicyclic) bond motifs is 1. The van der Waals surface area contributed by atoms with E-state index < -0.39 is 0 Å². The molecular formula is C11H12FN. The summed E-state index contributed by atoms with van der Waals surface area (Å²) in [5, 5.41) is 0.995. The number of hydrogen-bond acceptors (Lipinski definition) is 0. The molecule has 0 saturated heterocycles. The van der Waals surface area contributed by atoms with Crippen LogP contribution in [0.2, 0.25) is 0 Å². The number of aromatic nitrogens is 1. The number of rotatable bonds is 1. The molecule has 0 saturated carbocycles. The van der Waals surface area contributed by atoms with Crippen molar-refractivity contribution in [3.05, 3.63) is 35.8 Å². The lowest BCUT2D eigenvalue weighted by Gasteiger charge is -2.06. The monoisotopic (exact) mass is 177 g/mol. The average molecular weight is 177 g/mol. The highest BCUT2D eigenvalue weighted by Crippen LogP contribution is 2.26. The Hall–Kier alpha value is -1.31. The first kappa shape index (κ1) is 8.30. The normalized spacial score (nSPS) is 11.4. The molecule has 0 aliphatic rings. The SMILES string of the molecule is CC(C)c1ccc(F)c2[nH]ccc12. The van der Waals surface area contributed by atoms with Crippen molar-refractivity contribution in [3.8, 4) is 0 Å². The maximum atomic E-state index is 13.2. The Kier molecular flexibility index (Phi) is 1.83. The lowest BCUT2D eigenvalue weighted by atomic mass is 9.99. The minimum absolute atomic E-state index is 0.176. The molecule has 1 heterocycles. The largest absolute Gasteiger partial charge is 0.359 e. The molecule has 0 spiro atoms. The van der Waals surface area contributed by atoms with E-state index in [-0.39, 0.29) is 5.82 Å². The summed E-state index contributed by atoms with van der Waals surface area (Å²) in [6, 6.07) is 5.30. The van der Waals surface area contributed by atoms with Crippen molar-refractivity contribution in [2.75, 3.05) is 0 Å². The smallest absolute Gasteiger partial charge is 0.147 e. The van der Waals surface area contributed by atoms with Gasteiger partial charge in [0, 0.05) is 11.6 Å². The molecule has 0 radical (unpaired) electrons. The van der Waals surface area contributed by atoms with Crippen LogP contribution in [0.15, 0.2) is 24.4 Å². The Bertz CT molecular complexity index is 429. The summed E-state index contributed by atoms with van der Waals surface area (Å²) in [6.45, 7) is 4.22. The fraction of sp³-hybridized carbons (Fsp3) is 0.273. The summed E-state index contributed by atoms with van der Waals surface area (Å²) in [7, 11) is 0. The number of benzene rings is 1. The molecule has 1 nitrogen and oxygen atoms in total. The van der Waals surface area contributed by atoms with E-state index in [2.05, 4.69) is 18.8 Å². The van der Waals surface area contributed by atoms with Crippen molar-refractivity contribution < 1.29 is 4.39 Å². The van der Waals surface area contributed by atoms with Gasteiger partial charge >= 0.3 is 0 Å². The third-order valence-electron chi connectivity index (χ3n) is 2.33. The van der Waals surface area contributed by atoms with Crippen molar-refractivity contribution in [2.45, 2.75) is 19.8 Å². The van der Waals surface area contributed by atoms with Gasteiger partial charge in [-0.2, -0.15) is 0 Å². The molecule has 0 aliphatic heterocycles. The van der Waals surface area contributed by atoms with E-state index in [1.807, 2.05) is 12.1 Å². The van der Waals surface area contributed by atoms with Crippen LogP contribution in [-0.2, 0) is 0 Å². The molecule has 1 aromatic carbocycles. The Morgan fingerprint density at radius 3 is 2.69 bits per heavy atom. The van der Waals surface area contributed by atoms with Crippen LogP contribution in [0.4, 0.5) is 4.39 Å². The van der Waals surface area contributed by atoms with Gasteiger partial charge in [0.2, 0.25) is 0 Å². The van der Waals surface area contributed by atoms with Crippen molar-refractivity contribution in [3.63, 3.8) is 0 Å². The predicted molar refractivity (Wildman–Crippen MR) is 52.3 cm³/mol. The third-order valence-corrected chi connectivity index (χ3v) is 2.33. The van der Waals surface area contributed by atoms with Crippen LogP contribution >= 0.6 is 0 Å². The van der Waals surface area contributed by atoms with E-state index in [4.69, 9.17) is 0 Å².